The van der Waals surface area contributed by atoms with Crippen LogP contribution in [0.1, 0.15) is 25.3 Å². The predicted octanol–water partition coefficient (Wildman–Crippen LogP) is 4.26. The van der Waals surface area contributed by atoms with Crippen molar-refractivity contribution in [3.8, 4) is 0 Å². The van der Waals surface area contributed by atoms with E-state index in [9.17, 15) is 14.7 Å². The van der Waals surface area contributed by atoms with Gasteiger partial charge >= 0.3 is 0 Å². The molecule has 3 heterocycles. The molecule has 0 saturated carbocycles. The van der Waals surface area contributed by atoms with E-state index in [2.05, 4.69) is 0 Å². The molecular weight excluding hydrogens is 439 g/mol. The van der Waals surface area contributed by atoms with Crippen LogP contribution < -0.4 is 9.80 Å². The molecule has 4 atom stereocenters. The Morgan fingerprint density at radius 2 is 1.88 bits per heavy atom. The largest absolute Gasteiger partial charge is 0.396 e. The molecule has 33 heavy (non-hydrogen) atoms. The maximum atomic E-state index is 15.6. The number of carbonyl (C=O) groups excluding carboxylic acids is 2. The molecule has 174 valence electrons. The fourth-order valence-corrected chi connectivity index (χ4v) is 8.49. The smallest absolute Gasteiger partial charge is 0.268 e. The van der Waals surface area contributed by atoms with Gasteiger partial charge in [0.1, 0.15) is 0 Å². The first-order valence-corrected chi connectivity index (χ1v) is 14.5. The molecule has 5 rings (SSSR count). The first-order valence-electron chi connectivity index (χ1n) is 11.5. The van der Waals surface area contributed by atoms with Gasteiger partial charge in [0, 0.05) is 48.0 Å². The summed E-state index contributed by atoms with van der Waals surface area (Å²) in [6.07, 6.45) is 0.223. The molecular formula is C25H29FN2O4Si. The predicted molar refractivity (Wildman–Crippen MR) is 127 cm³/mol. The van der Waals surface area contributed by atoms with Crippen molar-refractivity contribution in [2.45, 2.75) is 50.1 Å². The lowest BCUT2D eigenvalue weighted by Gasteiger charge is -2.33. The van der Waals surface area contributed by atoms with E-state index in [1.165, 1.54) is 0 Å². The lowest BCUT2D eigenvalue weighted by Crippen LogP contribution is -2.45. The second-order valence-corrected chi connectivity index (χ2v) is 13.6. The number of para-hydroxylation sites is 1. The molecule has 0 aliphatic carbocycles. The highest BCUT2D eigenvalue weighted by molar-refractivity contribution is 6.72. The Morgan fingerprint density at radius 1 is 1.15 bits per heavy atom. The lowest BCUT2D eigenvalue weighted by molar-refractivity contribution is -0.145. The van der Waals surface area contributed by atoms with Crippen molar-refractivity contribution < 1.29 is 23.5 Å². The van der Waals surface area contributed by atoms with Crippen molar-refractivity contribution in [1.82, 2.24) is 0 Å². The van der Waals surface area contributed by atoms with Gasteiger partial charge < -0.3 is 18.9 Å². The number of halogens is 1. The molecule has 3 aliphatic heterocycles. The molecule has 0 unspecified atom stereocenters. The molecule has 3 aliphatic rings. The monoisotopic (exact) mass is 468 g/mol. The number of benzene rings is 2. The normalized spacial score (nSPS) is 29.1. The topological polar surface area (TPSA) is 70.1 Å². The van der Waals surface area contributed by atoms with E-state index in [1.54, 1.807) is 22.9 Å². The molecule has 1 N–H and O–H groups in total. The van der Waals surface area contributed by atoms with E-state index in [1.807, 2.05) is 55.5 Å². The minimum Gasteiger partial charge on any atom is -0.396 e. The summed E-state index contributed by atoms with van der Waals surface area (Å²) in [7, 11) is -3.25. The number of rotatable bonds is 5. The number of ether oxygens (including phenoxy) is 1. The lowest BCUT2D eigenvalue weighted by atomic mass is 9.82. The summed E-state index contributed by atoms with van der Waals surface area (Å²) in [5.74, 6) is -0.628. The van der Waals surface area contributed by atoms with Gasteiger partial charge in [0.05, 0.1) is 11.8 Å². The molecule has 2 amide bonds. The van der Waals surface area contributed by atoms with Crippen molar-refractivity contribution in [3.05, 3.63) is 54.1 Å². The Bertz CT molecular complexity index is 1110. The fraction of sp³-hybridized carbons (Fsp3) is 0.440. The number of anilines is 3. The molecule has 2 aromatic carbocycles. The van der Waals surface area contributed by atoms with E-state index in [-0.39, 0.29) is 24.8 Å². The standard InChI is InChI=1S/C25H29FN2O4Si/c1-16-23(33(2,3)26)21(12-14-29)32-25(16)19-15-18(27-13-11-22(27)30)9-10-20(19)28(24(25)31)17-7-5-4-6-8-17/h4-10,15-16,21,23,29H,11-14H2,1-3H3/t16-,21+,23-,25+/m0/s1. The Kier molecular flexibility index (Phi) is 5.23. The molecule has 8 heteroatoms. The Hall–Kier alpha value is -2.55. The highest BCUT2D eigenvalue weighted by atomic mass is 28.4. The maximum absolute atomic E-state index is 15.6. The van der Waals surface area contributed by atoms with Crippen molar-refractivity contribution >= 4 is 37.3 Å². The van der Waals surface area contributed by atoms with Crippen LogP contribution >= 0.6 is 0 Å². The molecule has 0 radical (unpaired) electrons. The van der Waals surface area contributed by atoms with Crippen molar-refractivity contribution in [3.63, 3.8) is 0 Å². The van der Waals surface area contributed by atoms with Gasteiger partial charge in [-0.2, -0.15) is 0 Å². The van der Waals surface area contributed by atoms with E-state index in [4.69, 9.17) is 4.74 Å². The minimum atomic E-state index is -3.25. The summed E-state index contributed by atoms with van der Waals surface area (Å²) < 4.78 is 22.1. The average Bonchev–Trinajstić information content (AvgIpc) is 3.20. The van der Waals surface area contributed by atoms with Crippen LogP contribution in [0.3, 0.4) is 0 Å². The van der Waals surface area contributed by atoms with E-state index >= 15 is 4.11 Å². The summed E-state index contributed by atoms with van der Waals surface area (Å²) in [5, 5.41) is 9.68. The van der Waals surface area contributed by atoms with Gasteiger partial charge in [-0.3, -0.25) is 14.5 Å². The third-order valence-electron chi connectivity index (χ3n) is 7.44. The van der Waals surface area contributed by atoms with Crippen LogP contribution in [-0.2, 0) is 19.9 Å². The Morgan fingerprint density at radius 3 is 2.45 bits per heavy atom. The summed E-state index contributed by atoms with van der Waals surface area (Å²) in [4.78, 5) is 29.7. The molecule has 6 nitrogen and oxygen atoms in total. The summed E-state index contributed by atoms with van der Waals surface area (Å²) >= 11 is 0. The zero-order valence-electron chi connectivity index (χ0n) is 19.1. The van der Waals surface area contributed by atoms with Crippen LogP contribution in [0.4, 0.5) is 21.2 Å². The first kappa shape index (κ1) is 22.2. The Labute approximate surface area is 194 Å². The molecule has 0 aromatic heterocycles. The average molecular weight is 469 g/mol. The second kappa shape index (κ2) is 7.75. The van der Waals surface area contributed by atoms with Crippen LogP contribution in [0.15, 0.2) is 48.5 Å². The van der Waals surface area contributed by atoms with Crippen molar-refractivity contribution in [1.29, 1.82) is 0 Å². The van der Waals surface area contributed by atoms with Crippen LogP contribution in [0, 0.1) is 5.92 Å². The van der Waals surface area contributed by atoms with Gasteiger partial charge in [0.25, 0.3) is 5.91 Å². The van der Waals surface area contributed by atoms with Crippen molar-refractivity contribution in [2.24, 2.45) is 5.92 Å². The van der Waals surface area contributed by atoms with Gasteiger partial charge in [0.15, 0.2) is 5.60 Å². The van der Waals surface area contributed by atoms with E-state index < -0.39 is 31.6 Å². The number of nitrogens with zero attached hydrogens (tertiary/aromatic N) is 2. The summed E-state index contributed by atoms with van der Waals surface area (Å²) in [6, 6.07) is 14.9. The number of hydrogen-bond donors (Lipinski definition) is 1. The third kappa shape index (κ3) is 3.19. The first-order chi connectivity index (χ1) is 15.7. The van der Waals surface area contributed by atoms with E-state index in [0.29, 0.717) is 29.9 Å². The summed E-state index contributed by atoms with van der Waals surface area (Å²) in [6.45, 7) is 5.68. The molecule has 1 spiro atoms. The fourth-order valence-electron chi connectivity index (χ4n) is 5.95. The van der Waals surface area contributed by atoms with Crippen LogP contribution in [0.25, 0.3) is 0 Å². The van der Waals surface area contributed by atoms with E-state index in [0.717, 1.165) is 5.69 Å². The maximum Gasteiger partial charge on any atom is 0.268 e. The number of fused-ring (bicyclic) bond motifs is 2. The van der Waals surface area contributed by atoms with Crippen LogP contribution in [0.2, 0.25) is 18.6 Å². The van der Waals surface area contributed by atoms with Gasteiger partial charge in [-0.05, 0) is 49.8 Å². The number of β-lactam (4-membered cyclic amide) rings is 1. The number of aliphatic hydroxyl groups excluding tert-OH is 1. The van der Waals surface area contributed by atoms with Crippen LogP contribution in [0.5, 0.6) is 0 Å². The van der Waals surface area contributed by atoms with Gasteiger partial charge in [-0.1, -0.05) is 25.1 Å². The zero-order valence-corrected chi connectivity index (χ0v) is 20.1. The molecule has 2 saturated heterocycles. The second-order valence-electron chi connectivity index (χ2n) is 9.76. The molecule has 2 fully saturated rings. The SMILES string of the molecule is C[C@H]1[C@H]([Si](C)(C)F)[C@@H](CCO)O[C@]12C(=O)N(c1ccccc1)c1ccc(N3CCC3=O)cc12. The van der Waals surface area contributed by atoms with Crippen LogP contribution in [-0.4, -0.2) is 44.6 Å². The summed E-state index contributed by atoms with van der Waals surface area (Å²) in [5.41, 5.74) is 0.980. The highest BCUT2D eigenvalue weighted by Gasteiger charge is 2.67. The number of amides is 2. The van der Waals surface area contributed by atoms with Gasteiger partial charge in [0.2, 0.25) is 14.3 Å². The number of aliphatic hydroxyl groups is 1. The molecule has 0 bridgehead atoms. The zero-order chi connectivity index (χ0) is 23.5. The quantitative estimate of drug-likeness (QED) is 0.404. The van der Waals surface area contributed by atoms with Crippen molar-refractivity contribution in [2.75, 3.05) is 23.0 Å². The Balaban J connectivity index is 1.70. The minimum absolute atomic E-state index is 0.0435. The number of carbonyl (C=O) groups is 2. The third-order valence-corrected chi connectivity index (χ3v) is 9.90. The van der Waals surface area contributed by atoms with Gasteiger partial charge in [-0.15, -0.1) is 0 Å². The number of hydrogen-bond acceptors (Lipinski definition) is 4. The highest BCUT2D eigenvalue weighted by Crippen LogP contribution is 2.61. The van der Waals surface area contributed by atoms with Gasteiger partial charge in [-0.25, -0.2) is 0 Å². The molecule has 2 aromatic rings.